The summed E-state index contributed by atoms with van der Waals surface area (Å²) in [6, 6.07) is 0.185. The van der Waals surface area contributed by atoms with Crippen LogP contribution in [0.3, 0.4) is 0 Å². The minimum Gasteiger partial charge on any atom is -0.372 e. The zero-order valence-electron chi connectivity index (χ0n) is 11.3. The largest absolute Gasteiger partial charge is 0.406 e. The summed E-state index contributed by atoms with van der Waals surface area (Å²) in [7, 11) is 1.44. The number of pyridine rings is 1. The summed E-state index contributed by atoms with van der Waals surface area (Å²) in [6.07, 6.45) is -3.65. The maximum Gasteiger partial charge on any atom is 0.406 e. The molecule has 0 aliphatic carbocycles. The van der Waals surface area contributed by atoms with Crippen LogP contribution in [0.5, 0.6) is 0 Å². The molecule has 0 bridgehead atoms. The molecule has 0 atom stereocenters. The third-order valence-electron chi connectivity index (χ3n) is 2.56. The Bertz CT molecular complexity index is 488. The molecule has 1 amide bonds. The molecule has 1 N–H and O–H groups in total. The third-order valence-corrected chi connectivity index (χ3v) is 2.56. The third kappa shape index (κ3) is 4.07. The van der Waals surface area contributed by atoms with E-state index in [2.05, 4.69) is 10.3 Å². The van der Waals surface area contributed by atoms with Crippen molar-refractivity contribution in [1.82, 2.24) is 9.88 Å². The smallest absolute Gasteiger partial charge is 0.372 e. The minimum absolute atomic E-state index is 0.0317. The van der Waals surface area contributed by atoms with Crippen molar-refractivity contribution < 1.29 is 22.4 Å². The van der Waals surface area contributed by atoms with Crippen LogP contribution in [-0.4, -0.2) is 41.6 Å². The van der Waals surface area contributed by atoms with Crippen LogP contribution in [0.25, 0.3) is 0 Å². The molecule has 1 aromatic heterocycles. The average Bonchev–Trinajstić information content (AvgIpc) is 2.33. The lowest BCUT2D eigenvalue weighted by molar-refractivity contribution is -0.143. The van der Waals surface area contributed by atoms with Crippen LogP contribution in [-0.2, 0) is 0 Å². The summed E-state index contributed by atoms with van der Waals surface area (Å²) in [5.74, 6) is -1.68. The van der Waals surface area contributed by atoms with Gasteiger partial charge >= 0.3 is 6.18 Å². The number of amides is 1. The van der Waals surface area contributed by atoms with Crippen LogP contribution in [0.2, 0.25) is 0 Å². The summed E-state index contributed by atoms with van der Waals surface area (Å²) in [4.78, 5) is 16.4. The first kappa shape index (κ1) is 16.2. The number of anilines is 1. The molecule has 0 spiro atoms. The molecule has 0 saturated heterocycles. The highest BCUT2D eigenvalue weighted by atomic mass is 19.4. The molecule has 0 radical (unpaired) electrons. The van der Waals surface area contributed by atoms with Crippen molar-refractivity contribution in [3.05, 3.63) is 23.6 Å². The Hall–Kier alpha value is -1.86. The highest BCUT2D eigenvalue weighted by molar-refractivity contribution is 5.98. The predicted octanol–water partition coefficient (Wildman–Crippen LogP) is 2.68. The van der Waals surface area contributed by atoms with Crippen molar-refractivity contribution in [2.45, 2.75) is 26.1 Å². The van der Waals surface area contributed by atoms with E-state index in [1.54, 1.807) is 0 Å². The monoisotopic (exact) mass is 293 g/mol. The molecule has 0 aromatic carbocycles. The van der Waals surface area contributed by atoms with Gasteiger partial charge in [0.1, 0.15) is 18.2 Å². The number of hydrogen-bond acceptors (Lipinski definition) is 3. The number of rotatable bonds is 4. The Labute approximate surface area is 113 Å². The second-order valence-corrected chi connectivity index (χ2v) is 4.44. The molecular weight excluding hydrogens is 278 g/mol. The predicted molar refractivity (Wildman–Crippen MR) is 66.0 cm³/mol. The van der Waals surface area contributed by atoms with Gasteiger partial charge in [-0.05, 0) is 19.9 Å². The second-order valence-electron chi connectivity index (χ2n) is 4.44. The van der Waals surface area contributed by atoms with Gasteiger partial charge in [-0.1, -0.05) is 0 Å². The van der Waals surface area contributed by atoms with E-state index in [0.717, 1.165) is 12.3 Å². The van der Waals surface area contributed by atoms with Gasteiger partial charge in [0.2, 0.25) is 0 Å². The van der Waals surface area contributed by atoms with E-state index >= 15 is 0 Å². The van der Waals surface area contributed by atoms with Gasteiger partial charge in [-0.2, -0.15) is 13.2 Å². The lowest BCUT2D eigenvalue weighted by Gasteiger charge is -2.28. The van der Waals surface area contributed by atoms with Crippen molar-refractivity contribution in [2.24, 2.45) is 0 Å². The Kier molecular flexibility index (Phi) is 4.91. The summed E-state index contributed by atoms with van der Waals surface area (Å²) in [6.45, 7) is 1.51. The average molecular weight is 293 g/mol. The number of nitrogens with zero attached hydrogens (tertiary/aromatic N) is 2. The van der Waals surface area contributed by atoms with Crippen molar-refractivity contribution in [3.8, 4) is 0 Å². The molecular formula is C12H15F4N3O. The maximum absolute atomic E-state index is 13.2. The SMILES string of the molecule is CNc1ncc(F)cc1C(=O)N(CC(F)(F)F)C(C)C. The zero-order valence-corrected chi connectivity index (χ0v) is 11.3. The Balaban J connectivity index is 3.16. The fourth-order valence-electron chi connectivity index (χ4n) is 1.64. The van der Waals surface area contributed by atoms with Crippen LogP contribution >= 0.6 is 0 Å². The fraction of sp³-hybridized carbons (Fsp3) is 0.500. The topological polar surface area (TPSA) is 45.2 Å². The second kappa shape index (κ2) is 6.06. The molecule has 1 rings (SSSR count). The number of alkyl halides is 3. The number of hydrogen-bond donors (Lipinski definition) is 1. The summed E-state index contributed by atoms with van der Waals surface area (Å²) in [5, 5.41) is 2.55. The molecule has 1 heterocycles. The van der Waals surface area contributed by atoms with Gasteiger partial charge in [0.05, 0.1) is 11.8 Å². The van der Waals surface area contributed by atoms with Gasteiger partial charge in [-0.3, -0.25) is 4.79 Å². The Morgan fingerprint density at radius 2 is 2.05 bits per heavy atom. The standard InChI is InChI=1S/C12H15F4N3O/c1-7(2)19(6-12(14,15)16)11(20)9-4-8(13)5-18-10(9)17-3/h4-5,7H,6H2,1-3H3,(H,17,18). The fourth-order valence-corrected chi connectivity index (χ4v) is 1.64. The van der Waals surface area contributed by atoms with E-state index in [1.165, 1.54) is 20.9 Å². The highest BCUT2D eigenvalue weighted by Gasteiger charge is 2.35. The van der Waals surface area contributed by atoms with Crippen LogP contribution in [0.1, 0.15) is 24.2 Å². The maximum atomic E-state index is 13.2. The van der Waals surface area contributed by atoms with E-state index in [0.29, 0.717) is 4.90 Å². The first-order valence-corrected chi connectivity index (χ1v) is 5.86. The number of aromatic nitrogens is 1. The van der Waals surface area contributed by atoms with Crippen LogP contribution in [0.15, 0.2) is 12.3 Å². The Morgan fingerprint density at radius 3 is 2.50 bits per heavy atom. The summed E-state index contributed by atoms with van der Waals surface area (Å²) < 4.78 is 50.7. The molecule has 0 aliphatic rings. The quantitative estimate of drug-likeness (QED) is 0.868. The molecule has 0 unspecified atom stereocenters. The molecule has 20 heavy (non-hydrogen) atoms. The molecule has 0 aliphatic heterocycles. The van der Waals surface area contributed by atoms with Crippen LogP contribution < -0.4 is 5.32 Å². The van der Waals surface area contributed by atoms with Gasteiger partial charge in [0, 0.05) is 13.1 Å². The van der Waals surface area contributed by atoms with E-state index < -0.39 is 30.5 Å². The van der Waals surface area contributed by atoms with Gasteiger partial charge in [0.25, 0.3) is 5.91 Å². The van der Waals surface area contributed by atoms with Crippen molar-refractivity contribution in [2.75, 3.05) is 18.9 Å². The summed E-state index contributed by atoms with van der Waals surface area (Å²) in [5.41, 5.74) is -0.231. The summed E-state index contributed by atoms with van der Waals surface area (Å²) >= 11 is 0. The number of carbonyl (C=O) groups excluding carboxylic acids is 1. The van der Waals surface area contributed by atoms with Crippen LogP contribution in [0, 0.1) is 5.82 Å². The van der Waals surface area contributed by atoms with Crippen LogP contribution in [0.4, 0.5) is 23.4 Å². The number of halogens is 4. The van der Waals surface area contributed by atoms with E-state index in [4.69, 9.17) is 0 Å². The molecule has 8 heteroatoms. The van der Waals surface area contributed by atoms with E-state index in [-0.39, 0.29) is 11.4 Å². The van der Waals surface area contributed by atoms with Gasteiger partial charge in [-0.25, -0.2) is 9.37 Å². The molecule has 112 valence electrons. The lowest BCUT2D eigenvalue weighted by atomic mass is 10.2. The van der Waals surface area contributed by atoms with E-state index in [9.17, 15) is 22.4 Å². The van der Waals surface area contributed by atoms with Crippen molar-refractivity contribution >= 4 is 11.7 Å². The molecule has 4 nitrogen and oxygen atoms in total. The molecule has 1 aromatic rings. The minimum atomic E-state index is -4.53. The van der Waals surface area contributed by atoms with Crippen molar-refractivity contribution in [3.63, 3.8) is 0 Å². The lowest BCUT2D eigenvalue weighted by Crippen LogP contribution is -2.43. The highest BCUT2D eigenvalue weighted by Crippen LogP contribution is 2.22. The first-order chi connectivity index (χ1) is 9.15. The number of carbonyl (C=O) groups is 1. The normalized spacial score (nSPS) is 11.6. The van der Waals surface area contributed by atoms with E-state index in [1.807, 2.05) is 0 Å². The Morgan fingerprint density at radius 1 is 1.45 bits per heavy atom. The first-order valence-electron chi connectivity index (χ1n) is 5.86. The van der Waals surface area contributed by atoms with Gasteiger partial charge in [-0.15, -0.1) is 0 Å². The number of nitrogens with one attached hydrogen (secondary N) is 1. The molecule has 0 saturated carbocycles. The van der Waals surface area contributed by atoms with Crippen molar-refractivity contribution in [1.29, 1.82) is 0 Å². The zero-order chi connectivity index (χ0) is 15.5. The molecule has 0 fully saturated rings. The van der Waals surface area contributed by atoms with Gasteiger partial charge < -0.3 is 10.2 Å². The van der Waals surface area contributed by atoms with Gasteiger partial charge in [0.15, 0.2) is 0 Å².